The van der Waals surface area contributed by atoms with E-state index in [1.807, 2.05) is 60.7 Å². The van der Waals surface area contributed by atoms with E-state index in [2.05, 4.69) is 15.3 Å². The Hall–Kier alpha value is -2.66. The van der Waals surface area contributed by atoms with E-state index in [1.54, 1.807) is 12.4 Å². The fourth-order valence-corrected chi connectivity index (χ4v) is 3.14. The molecule has 1 atom stereocenters. The van der Waals surface area contributed by atoms with Crippen LogP contribution < -0.4 is 5.32 Å². The molecule has 0 aliphatic heterocycles. The van der Waals surface area contributed by atoms with E-state index in [1.165, 1.54) is 18.0 Å². The molecule has 3 aromatic rings. The number of anilines is 1. The van der Waals surface area contributed by atoms with Crippen LogP contribution in [0.15, 0.2) is 84.1 Å². The van der Waals surface area contributed by atoms with Gasteiger partial charge in [0.05, 0.1) is 6.20 Å². The fraction of sp³-hybridized carbons (Fsp3) is 0.0556. The van der Waals surface area contributed by atoms with Crippen molar-refractivity contribution >= 4 is 23.5 Å². The number of aromatic nitrogens is 2. The molecular formula is C18H15N3OS. The molecule has 0 unspecified atom stereocenters. The third kappa shape index (κ3) is 4.17. The van der Waals surface area contributed by atoms with E-state index in [0.717, 1.165) is 10.5 Å². The SMILES string of the molecule is O=C(Nc1cnccn1)[C@@H](Sc1ccccc1)c1ccccc1. The number of benzene rings is 2. The summed E-state index contributed by atoms with van der Waals surface area (Å²) in [5.74, 6) is 0.331. The predicted molar refractivity (Wildman–Crippen MR) is 92.1 cm³/mol. The summed E-state index contributed by atoms with van der Waals surface area (Å²) < 4.78 is 0. The molecule has 2 aromatic carbocycles. The lowest BCUT2D eigenvalue weighted by Gasteiger charge is -2.16. The lowest BCUT2D eigenvalue weighted by Crippen LogP contribution is -2.19. The molecule has 1 heterocycles. The smallest absolute Gasteiger partial charge is 0.243 e. The second-order valence-electron chi connectivity index (χ2n) is 4.80. The number of carbonyl (C=O) groups is 1. The van der Waals surface area contributed by atoms with Crippen molar-refractivity contribution in [1.82, 2.24) is 9.97 Å². The molecule has 4 nitrogen and oxygen atoms in total. The summed E-state index contributed by atoms with van der Waals surface area (Å²) >= 11 is 1.51. The minimum Gasteiger partial charge on any atom is -0.308 e. The first-order chi connectivity index (χ1) is 11.3. The lowest BCUT2D eigenvalue weighted by molar-refractivity contribution is -0.115. The monoisotopic (exact) mass is 321 g/mol. The van der Waals surface area contributed by atoms with Gasteiger partial charge in [-0.3, -0.25) is 9.78 Å². The summed E-state index contributed by atoms with van der Waals surface area (Å²) in [5.41, 5.74) is 0.947. The highest BCUT2D eigenvalue weighted by Gasteiger charge is 2.22. The van der Waals surface area contributed by atoms with E-state index < -0.39 is 0 Å². The van der Waals surface area contributed by atoms with Gasteiger partial charge >= 0.3 is 0 Å². The zero-order chi connectivity index (χ0) is 15.9. The average Bonchev–Trinajstić information content (AvgIpc) is 2.62. The Morgan fingerprint density at radius 3 is 2.30 bits per heavy atom. The van der Waals surface area contributed by atoms with Crippen molar-refractivity contribution < 1.29 is 4.79 Å². The Bertz CT molecular complexity index is 751. The van der Waals surface area contributed by atoms with E-state index in [4.69, 9.17) is 0 Å². The van der Waals surface area contributed by atoms with Crippen LogP contribution in [0.2, 0.25) is 0 Å². The highest BCUT2D eigenvalue weighted by atomic mass is 32.2. The van der Waals surface area contributed by atoms with Crippen molar-refractivity contribution in [2.24, 2.45) is 0 Å². The van der Waals surface area contributed by atoms with Crippen molar-refractivity contribution in [3.05, 3.63) is 84.8 Å². The third-order valence-corrected chi connectivity index (χ3v) is 4.42. The van der Waals surface area contributed by atoms with E-state index >= 15 is 0 Å². The number of hydrogen-bond acceptors (Lipinski definition) is 4. The highest BCUT2D eigenvalue weighted by Crippen LogP contribution is 2.35. The molecule has 1 aromatic heterocycles. The van der Waals surface area contributed by atoms with Gasteiger partial charge < -0.3 is 5.32 Å². The third-order valence-electron chi connectivity index (χ3n) is 3.15. The topological polar surface area (TPSA) is 54.9 Å². The molecule has 1 amide bonds. The van der Waals surface area contributed by atoms with Gasteiger partial charge in [-0.2, -0.15) is 0 Å². The van der Waals surface area contributed by atoms with Crippen molar-refractivity contribution in [2.45, 2.75) is 10.1 Å². The van der Waals surface area contributed by atoms with Crippen LogP contribution in [-0.4, -0.2) is 15.9 Å². The summed E-state index contributed by atoms with van der Waals surface area (Å²) in [4.78, 5) is 21.8. The summed E-state index contributed by atoms with van der Waals surface area (Å²) in [5, 5.41) is 2.47. The molecule has 0 saturated carbocycles. The first-order valence-electron chi connectivity index (χ1n) is 7.16. The van der Waals surface area contributed by atoms with Gasteiger partial charge in [0.15, 0.2) is 5.82 Å². The first kappa shape index (κ1) is 15.2. The first-order valence-corrected chi connectivity index (χ1v) is 8.04. The van der Waals surface area contributed by atoms with Crippen molar-refractivity contribution in [2.75, 3.05) is 5.32 Å². The molecule has 0 radical (unpaired) electrons. The largest absolute Gasteiger partial charge is 0.308 e. The summed E-state index contributed by atoms with van der Waals surface area (Å²) in [6, 6.07) is 19.6. The highest BCUT2D eigenvalue weighted by molar-refractivity contribution is 8.00. The van der Waals surface area contributed by atoms with Crippen LogP contribution in [0.25, 0.3) is 0 Å². The predicted octanol–water partition coefficient (Wildman–Crippen LogP) is 3.95. The Morgan fingerprint density at radius 1 is 0.957 bits per heavy atom. The minimum atomic E-state index is -0.361. The number of nitrogens with one attached hydrogen (secondary N) is 1. The van der Waals surface area contributed by atoms with Crippen LogP contribution in [0, 0.1) is 0 Å². The molecule has 0 saturated heterocycles. The maximum Gasteiger partial charge on any atom is 0.243 e. The summed E-state index contributed by atoms with van der Waals surface area (Å²) in [6.45, 7) is 0. The van der Waals surface area contributed by atoms with Crippen molar-refractivity contribution in [3.8, 4) is 0 Å². The number of nitrogens with zero attached hydrogens (tertiary/aromatic N) is 2. The van der Waals surface area contributed by atoms with Crippen LogP contribution in [0.3, 0.4) is 0 Å². The van der Waals surface area contributed by atoms with Gasteiger partial charge in [-0.1, -0.05) is 48.5 Å². The van der Waals surface area contributed by atoms with Crippen LogP contribution in [-0.2, 0) is 4.79 Å². The maximum absolute atomic E-state index is 12.7. The number of amides is 1. The number of hydrogen-bond donors (Lipinski definition) is 1. The molecule has 1 N–H and O–H groups in total. The zero-order valence-electron chi connectivity index (χ0n) is 12.3. The molecule has 114 valence electrons. The normalized spacial score (nSPS) is 11.7. The molecule has 0 spiro atoms. The summed E-state index contributed by atoms with van der Waals surface area (Å²) in [7, 11) is 0. The van der Waals surface area contributed by atoms with Gasteiger partial charge in [-0.25, -0.2) is 4.98 Å². The second kappa shape index (κ2) is 7.56. The van der Waals surface area contributed by atoms with E-state index in [-0.39, 0.29) is 11.2 Å². The van der Waals surface area contributed by atoms with E-state index in [0.29, 0.717) is 5.82 Å². The lowest BCUT2D eigenvalue weighted by atomic mass is 10.1. The van der Waals surface area contributed by atoms with Gasteiger partial charge in [0, 0.05) is 17.3 Å². The van der Waals surface area contributed by atoms with Crippen molar-refractivity contribution in [1.29, 1.82) is 0 Å². The molecular weight excluding hydrogens is 306 g/mol. The van der Waals surface area contributed by atoms with Crippen LogP contribution >= 0.6 is 11.8 Å². The van der Waals surface area contributed by atoms with Gasteiger partial charge in [-0.05, 0) is 17.7 Å². The zero-order valence-corrected chi connectivity index (χ0v) is 13.1. The summed E-state index contributed by atoms with van der Waals surface area (Å²) in [6.07, 6.45) is 4.66. The van der Waals surface area contributed by atoms with E-state index in [9.17, 15) is 4.79 Å². The molecule has 23 heavy (non-hydrogen) atoms. The van der Waals surface area contributed by atoms with Gasteiger partial charge in [-0.15, -0.1) is 11.8 Å². The minimum absolute atomic E-state index is 0.120. The second-order valence-corrected chi connectivity index (χ2v) is 5.98. The van der Waals surface area contributed by atoms with Crippen LogP contribution in [0.1, 0.15) is 10.8 Å². The van der Waals surface area contributed by atoms with Gasteiger partial charge in [0.1, 0.15) is 5.25 Å². The maximum atomic E-state index is 12.7. The quantitative estimate of drug-likeness (QED) is 0.723. The molecule has 0 aliphatic carbocycles. The van der Waals surface area contributed by atoms with Gasteiger partial charge in [0.2, 0.25) is 5.91 Å². The average molecular weight is 321 g/mol. The number of carbonyl (C=O) groups excluding carboxylic acids is 1. The van der Waals surface area contributed by atoms with Crippen LogP contribution in [0.5, 0.6) is 0 Å². The molecule has 5 heteroatoms. The molecule has 3 rings (SSSR count). The Morgan fingerprint density at radius 2 is 1.65 bits per heavy atom. The number of thioether (sulfide) groups is 1. The fourth-order valence-electron chi connectivity index (χ4n) is 2.09. The Labute approximate surface area is 139 Å². The standard InChI is InChI=1S/C18H15N3OS/c22-18(21-16-13-19-11-12-20-16)17(14-7-3-1-4-8-14)23-15-9-5-2-6-10-15/h1-13,17H,(H,20,21,22)/t17-/m0/s1. The molecule has 0 bridgehead atoms. The number of rotatable bonds is 5. The van der Waals surface area contributed by atoms with Crippen LogP contribution in [0.4, 0.5) is 5.82 Å². The molecule has 0 aliphatic rings. The molecule has 0 fully saturated rings. The Balaban J connectivity index is 1.84. The Kier molecular flexibility index (Phi) is 5.01. The van der Waals surface area contributed by atoms with Crippen molar-refractivity contribution in [3.63, 3.8) is 0 Å². The van der Waals surface area contributed by atoms with Gasteiger partial charge in [0.25, 0.3) is 0 Å².